The van der Waals surface area contributed by atoms with Crippen LogP contribution in [0.3, 0.4) is 0 Å². The molecule has 2 fully saturated rings. The zero-order valence-corrected chi connectivity index (χ0v) is 14.0. The van der Waals surface area contributed by atoms with E-state index in [0.29, 0.717) is 23.9 Å². The highest BCUT2D eigenvalue weighted by atomic mass is 35.5. The van der Waals surface area contributed by atoms with E-state index in [2.05, 4.69) is 31.4 Å². The third-order valence-electron chi connectivity index (χ3n) is 5.32. The van der Waals surface area contributed by atoms with Gasteiger partial charge in [-0.05, 0) is 57.4 Å². The van der Waals surface area contributed by atoms with Crippen molar-refractivity contribution < 1.29 is 4.79 Å². The standard InChI is InChI=1S/C16H30N2O.ClH/c1-4-13-5-7-14(8-6-13)16(19)18-15-11(2)9-10-17-12(15)3;/h11-15,17H,4-10H2,1-3H3,(H,18,19);1H. The molecule has 1 aliphatic carbocycles. The molecule has 0 aromatic carbocycles. The second-order valence-corrected chi connectivity index (χ2v) is 6.67. The lowest BCUT2D eigenvalue weighted by atomic mass is 9.80. The fourth-order valence-corrected chi connectivity index (χ4v) is 3.72. The number of hydrogen-bond donors (Lipinski definition) is 2. The first-order chi connectivity index (χ1) is 9.11. The van der Waals surface area contributed by atoms with Gasteiger partial charge in [0, 0.05) is 18.0 Å². The SMILES string of the molecule is CCC1CCC(C(=O)NC2C(C)CCNC2C)CC1.Cl. The molecule has 2 rings (SSSR count). The molecule has 3 nitrogen and oxygen atoms in total. The summed E-state index contributed by atoms with van der Waals surface area (Å²) < 4.78 is 0. The molecular weight excluding hydrogens is 272 g/mol. The number of rotatable bonds is 3. The normalized spacial score (nSPS) is 37.9. The number of piperidine rings is 1. The summed E-state index contributed by atoms with van der Waals surface area (Å²) in [5.74, 6) is 2.02. The third kappa shape index (κ3) is 4.36. The number of nitrogens with one attached hydrogen (secondary N) is 2. The number of carbonyl (C=O) groups is 1. The zero-order valence-electron chi connectivity index (χ0n) is 13.2. The maximum absolute atomic E-state index is 12.4. The molecule has 1 amide bonds. The van der Waals surface area contributed by atoms with E-state index in [1.165, 1.54) is 19.3 Å². The van der Waals surface area contributed by atoms with Crippen LogP contribution in [0.1, 0.15) is 59.3 Å². The average molecular weight is 303 g/mol. The lowest BCUT2D eigenvalue weighted by Crippen LogP contribution is -2.57. The predicted molar refractivity (Wildman–Crippen MR) is 86.2 cm³/mol. The first-order valence-electron chi connectivity index (χ1n) is 8.15. The van der Waals surface area contributed by atoms with Crippen molar-refractivity contribution in [3.8, 4) is 0 Å². The minimum atomic E-state index is 0. The minimum absolute atomic E-state index is 0. The largest absolute Gasteiger partial charge is 0.351 e. The van der Waals surface area contributed by atoms with Gasteiger partial charge in [-0.2, -0.15) is 0 Å². The Morgan fingerprint density at radius 3 is 2.35 bits per heavy atom. The van der Waals surface area contributed by atoms with Crippen LogP contribution in [0.15, 0.2) is 0 Å². The van der Waals surface area contributed by atoms with E-state index in [0.717, 1.165) is 31.7 Å². The van der Waals surface area contributed by atoms with Crippen LogP contribution in [0.4, 0.5) is 0 Å². The average Bonchev–Trinajstić information content (AvgIpc) is 2.43. The highest BCUT2D eigenvalue weighted by molar-refractivity contribution is 5.85. The summed E-state index contributed by atoms with van der Waals surface area (Å²) in [6.45, 7) is 7.79. The van der Waals surface area contributed by atoms with E-state index < -0.39 is 0 Å². The summed E-state index contributed by atoms with van der Waals surface area (Å²) in [5, 5.41) is 6.79. The van der Waals surface area contributed by atoms with Gasteiger partial charge in [0.15, 0.2) is 0 Å². The molecule has 0 bridgehead atoms. The molecule has 0 radical (unpaired) electrons. The summed E-state index contributed by atoms with van der Waals surface area (Å²) in [4.78, 5) is 12.4. The van der Waals surface area contributed by atoms with E-state index in [-0.39, 0.29) is 18.3 Å². The summed E-state index contributed by atoms with van der Waals surface area (Å²) >= 11 is 0. The van der Waals surface area contributed by atoms with Crippen molar-refractivity contribution in [2.45, 2.75) is 71.4 Å². The second-order valence-electron chi connectivity index (χ2n) is 6.67. The Balaban J connectivity index is 0.00000200. The van der Waals surface area contributed by atoms with Crippen LogP contribution in [0, 0.1) is 17.8 Å². The Morgan fingerprint density at radius 1 is 1.15 bits per heavy atom. The van der Waals surface area contributed by atoms with E-state index in [9.17, 15) is 4.79 Å². The van der Waals surface area contributed by atoms with Gasteiger partial charge in [-0.15, -0.1) is 12.4 Å². The number of hydrogen-bond acceptors (Lipinski definition) is 2. The Morgan fingerprint density at radius 2 is 1.80 bits per heavy atom. The van der Waals surface area contributed by atoms with Gasteiger partial charge in [0.25, 0.3) is 0 Å². The molecular formula is C16H31ClN2O. The van der Waals surface area contributed by atoms with Gasteiger partial charge in [0.05, 0.1) is 0 Å². The van der Waals surface area contributed by atoms with Crippen LogP contribution in [0.5, 0.6) is 0 Å². The fraction of sp³-hybridized carbons (Fsp3) is 0.938. The van der Waals surface area contributed by atoms with Gasteiger partial charge in [-0.3, -0.25) is 4.79 Å². The highest BCUT2D eigenvalue weighted by Crippen LogP contribution is 2.31. The number of halogens is 1. The monoisotopic (exact) mass is 302 g/mol. The van der Waals surface area contributed by atoms with Gasteiger partial charge >= 0.3 is 0 Å². The molecule has 1 heterocycles. The summed E-state index contributed by atoms with van der Waals surface area (Å²) in [6, 6.07) is 0.713. The van der Waals surface area contributed by atoms with Crippen LogP contribution >= 0.6 is 12.4 Å². The van der Waals surface area contributed by atoms with Crippen LogP contribution < -0.4 is 10.6 Å². The zero-order chi connectivity index (χ0) is 13.8. The molecule has 20 heavy (non-hydrogen) atoms. The van der Waals surface area contributed by atoms with Gasteiger partial charge in [0.1, 0.15) is 0 Å². The number of carbonyl (C=O) groups excluding carboxylic acids is 1. The molecule has 0 aromatic rings. The lowest BCUT2D eigenvalue weighted by Gasteiger charge is -2.37. The molecule has 3 unspecified atom stereocenters. The molecule has 0 aromatic heterocycles. The topological polar surface area (TPSA) is 41.1 Å². The minimum Gasteiger partial charge on any atom is -0.351 e. The van der Waals surface area contributed by atoms with Crippen molar-refractivity contribution in [3.05, 3.63) is 0 Å². The second kappa shape index (κ2) is 8.23. The molecule has 1 saturated heterocycles. The molecule has 3 atom stereocenters. The van der Waals surface area contributed by atoms with E-state index in [1.807, 2.05) is 0 Å². The molecule has 2 aliphatic rings. The van der Waals surface area contributed by atoms with Gasteiger partial charge in [0.2, 0.25) is 5.91 Å². The van der Waals surface area contributed by atoms with Crippen LogP contribution in [0.25, 0.3) is 0 Å². The summed E-state index contributed by atoms with van der Waals surface area (Å²) in [6.07, 6.45) is 7.10. The van der Waals surface area contributed by atoms with Crippen molar-refractivity contribution in [2.24, 2.45) is 17.8 Å². The maximum atomic E-state index is 12.4. The van der Waals surface area contributed by atoms with Gasteiger partial charge in [-0.1, -0.05) is 20.3 Å². The lowest BCUT2D eigenvalue weighted by molar-refractivity contribution is -0.127. The van der Waals surface area contributed by atoms with Gasteiger partial charge < -0.3 is 10.6 Å². The highest BCUT2D eigenvalue weighted by Gasteiger charge is 2.32. The van der Waals surface area contributed by atoms with Crippen LogP contribution in [-0.2, 0) is 4.79 Å². The molecule has 0 spiro atoms. The molecule has 4 heteroatoms. The Kier molecular flexibility index (Phi) is 7.32. The van der Waals surface area contributed by atoms with Crippen molar-refractivity contribution in [1.82, 2.24) is 10.6 Å². The Labute approximate surface area is 130 Å². The molecule has 1 saturated carbocycles. The van der Waals surface area contributed by atoms with E-state index in [1.54, 1.807) is 0 Å². The maximum Gasteiger partial charge on any atom is 0.223 e. The Hall–Kier alpha value is -0.280. The fourth-order valence-electron chi connectivity index (χ4n) is 3.72. The first kappa shape index (κ1) is 17.8. The van der Waals surface area contributed by atoms with Crippen LogP contribution in [0.2, 0.25) is 0 Å². The van der Waals surface area contributed by atoms with Crippen molar-refractivity contribution in [1.29, 1.82) is 0 Å². The number of amides is 1. The van der Waals surface area contributed by atoms with E-state index >= 15 is 0 Å². The molecule has 1 aliphatic heterocycles. The molecule has 118 valence electrons. The molecule has 2 N–H and O–H groups in total. The van der Waals surface area contributed by atoms with Crippen molar-refractivity contribution >= 4 is 18.3 Å². The van der Waals surface area contributed by atoms with Crippen molar-refractivity contribution in [2.75, 3.05) is 6.54 Å². The van der Waals surface area contributed by atoms with Gasteiger partial charge in [-0.25, -0.2) is 0 Å². The summed E-state index contributed by atoms with van der Waals surface area (Å²) in [5.41, 5.74) is 0. The van der Waals surface area contributed by atoms with Crippen molar-refractivity contribution in [3.63, 3.8) is 0 Å². The first-order valence-corrected chi connectivity index (χ1v) is 8.15. The predicted octanol–water partition coefficient (Wildman–Crippen LogP) is 3.13. The smallest absolute Gasteiger partial charge is 0.223 e. The quantitative estimate of drug-likeness (QED) is 0.841. The van der Waals surface area contributed by atoms with E-state index in [4.69, 9.17) is 0 Å². The summed E-state index contributed by atoms with van der Waals surface area (Å²) in [7, 11) is 0. The van der Waals surface area contributed by atoms with Crippen LogP contribution in [-0.4, -0.2) is 24.5 Å². The Bertz CT molecular complexity index is 293. The third-order valence-corrected chi connectivity index (χ3v) is 5.32.